The van der Waals surface area contributed by atoms with Crippen LogP contribution in [0.15, 0.2) is 18.2 Å². The zero-order valence-electron chi connectivity index (χ0n) is 16.9. The van der Waals surface area contributed by atoms with Crippen LogP contribution in [0, 0.1) is 23.7 Å². The van der Waals surface area contributed by atoms with Gasteiger partial charge in [0.15, 0.2) is 0 Å². The van der Waals surface area contributed by atoms with Crippen LogP contribution in [0.4, 0.5) is 5.69 Å². The first-order chi connectivity index (χ1) is 13.1. The molecule has 3 fully saturated rings. The molecule has 2 atom stereocenters. The molecule has 3 aliphatic rings. The molecule has 1 aliphatic heterocycles. The highest BCUT2D eigenvalue weighted by Crippen LogP contribution is 2.64. The minimum Gasteiger partial charge on any atom is -0.369 e. The third-order valence-electron chi connectivity index (χ3n) is 7.72. The second kappa shape index (κ2) is 6.71. The van der Waals surface area contributed by atoms with Gasteiger partial charge in [0, 0.05) is 48.7 Å². The molecule has 2 bridgehead atoms. The van der Waals surface area contributed by atoms with E-state index in [1.165, 1.54) is 0 Å². The number of fused-ring (bicyclic) bond motifs is 2. The first-order valence-electron chi connectivity index (χ1n) is 10.1. The van der Waals surface area contributed by atoms with Crippen molar-refractivity contribution in [1.29, 1.82) is 0 Å². The maximum Gasteiger partial charge on any atom is 0.215 e. The lowest BCUT2D eigenvalue weighted by Gasteiger charge is -2.40. The van der Waals surface area contributed by atoms with Crippen LogP contribution >= 0.6 is 11.6 Å². The number of carbonyl (C=O) groups is 1. The zero-order chi connectivity index (χ0) is 20.3. The minimum atomic E-state index is -3.48. The molecule has 2 unspecified atom stereocenters. The molecule has 154 valence electrons. The van der Waals surface area contributed by atoms with Crippen LogP contribution in [0.25, 0.3) is 0 Å². The molecular weight excluding hydrogens is 396 g/mol. The fraction of sp³-hybridized carbons (Fsp3) is 0.667. The number of hydrogen-bond donors (Lipinski definition) is 0. The van der Waals surface area contributed by atoms with E-state index in [1.807, 2.05) is 25.1 Å². The van der Waals surface area contributed by atoms with E-state index in [0.29, 0.717) is 44.9 Å². The molecule has 4 rings (SSSR count). The Hall–Kier alpha value is -1.11. The van der Waals surface area contributed by atoms with Crippen molar-refractivity contribution in [2.24, 2.45) is 16.7 Å². The monoisotopic (exact) mass is 424 g/mol. The zero-order valence-corrected chi connectivity index (χ0v) is 18.4. The first kappa shape index (κ1) is 20.2. The average molecular weight is 425 g/mol. The topological polar surface area (TPSA) is 57.7 Å². The van der Waals surface area contributed by atoms with Gasteiger partial charge in [-0.05, 0) is 48.8 Å². The fourth-order valence-electron chi connectivity index (χ4n) is 5.51. The van der Waals surface area contributed by atoms with Gasteiger partial charge in [-0.2, -0.15) is 4.31 Å². The number of carbonyl (C=O) groups excluding carboxylic acids is 1. The van der Waals surface area contributed by atoms with E-state index in [4.69, 9.17) is 11.6 Å². The predicted molar refractivity (Wildman–Crippen MR) is 112 cm³/mol. The number of benzene rings is 1. The minimum absolute atomic E-state index is 0.0291. The average Bonchev–Trinajstić information content (AvgIpc) is 2.98. The molecule has 0 aromatic heterocycles. The third-order valence-corrected chi connectivity index (χ3v) is 10.1. The lowest BCUT2D eigenvalue weighted by Crippen LogP contribution is -2.52. The second-order valence-electron chi connectivity index (χ2n) is 9.24. The summed E-state index contributed by atoms with van der Waals surface area (Å²) in [4.78, 5) is 14.9. The van der Waals surface area contributed by atoms with Gasteiger partial charge in [-0.3, -0.25) is 4.79 Å². The smallest absolute Gasteiger partial charge is 0.215 e. The Kier molecular flexibility index (Phi) is 4.83. The first-order valence-corrected chi connectivity index (χ1v) is 12.1. The number of Topliss-reactive ketones (excluding diaryl/α,β-unsaturated/α-hetero) is 1. The van der Waals surface area contributed by atoms with Gasteiger partial charge in [0.2, 0.25) is 10.0 Å². The highest BCUT2D eigenvalue weighted by molar-refractivity contribution is 7.89. The van der Waals surface area contributed by atoms with Crippen LogP contribution in [-0.4, -0.2) is 50.4 Å². The lowest BCUT2D eigenvalue weighted by atomic mass is 9.70. The molecule has 2 saturated carbocycles. The molecule has 1 saturated heterocycles. The van der Waals surface area contributed by atoms with E-state index in [-0.39, 0.29) is 17.0 Å². The van der Waals surface area contributed by atoms with Crippen molar-refractivity contribution in [2.75, 3.05) is 36.8 Å². The van der Waals surface area contributed by atoms with Crippen LogP contribution in [0.2, 0.25) is 5.02 Å². The van der Waals surface area contributed by atoms with Crippen LogP contribution < -0.4 is 4.90 Å². The second-order valence-corrected chi connectivity index (χ2v) is 11.6. The quantitative estimate of drug-likeness (QED) is 0.742. The van der Waals surface area contributed by atoms with Crippen LogP contribution in [-0.2, 0) is 14.8 Å². The molecular formula is C21H29ClN2O3S. The third kappa shape index (κ3) is 2.99. The molecule has 1 aromatic carbocycles. The van der Waals surface area contributed by atoms with Crippen LogP contribution in [0.5, 0.6) is 0 Å². The number of aryl methyl sites for hydroxylation is 1. The molecule has 2 aliphatic carbocycles. The predicted octanol–water partition coefficient (Wildman–Crippen LogP) is 3.50. The highest BCUT2D eigenvalue weighted by atomic mass is 35.5. The molecule has 1 heterocycles. The summed E-state index contributed by atoms with van der Waals surface area (Å²) in [6, 6.07) is 5.96. The van der Waals surface area contributed by atoms with Gasteiger partial charge in [-0.25, -0.2) is 8.42 Å². The summed E-state index contributed by atoms with van der Waals surface area (Å²) in [5, 5.41) is 0.726. The van der Waals surface area contributed by atoms with E-state index in [0.717, 1.165) is 22.7 Å². The van der Waals surface area contributed by atoms with Gasteiger partial charge < -0.3 is 4.90 Å². The number of ketones is 1. The van der Waals surface area contributed by atoms with Crippen LogP contribution in [0.3, 0.4) is 0 Å². The van der Waals surface area contributed by atoms with Crippen molar-refractivity contribution < 1.29 is 13.2 Å². The maximum atomic E-state index is 13.2. The van der Waals surface area contributed by atoms with E-state index in [9.17, 15) is 13.2 Å². The molecule has 7 heteroatoms. The van der Waals surface area contributed by atoms with Gasteiger partial charge in [0.05, 0.1) is 5.75 Å². The van der Waals surface area contributed by atoms with E-state index in [2.05, 4.69) is 18.7 Å². The normalized spacial score (nSPS) is 30.2. The number of rotatable bonds is 4. The maximum absolute atomic E-state index is 13.2. The molecule has 5 nitrogen and oxygen atoms in total. The molecule has 0 radical (unpaired) electrons. The van der Waals surface area contributed by atoms with Gasteiger partial charge in [-0.15, -0.1) is 0 Å². The number of sulfonamides is 1. The van der Waals surface area contributed by atoms with E-state index >= 15 is 0 Å². The van der Waals surface area contributed by atoms with E-state index in [1.54, 1.807) is 4.31 Å². The Labute approximate surface area is 173 Å². The Bertz CT molecular complexity index is 906. The van der Waals surface area contributed by atoms with Crippen molar-refractivity contribution in [1.82, 2.24) is 4.31 Å². The van der Waals surface area contributed by atoms with Gasteiger partial charge in [0.1, 0.15) is 5.78 Å². The number of halogens is 1. The fourth-order valence-corrected chi connectivity index (χ4v) is 7.89. The van der Waals surface area contributed by atoms with E-state index < -0.39 is 15.4 Å². The molecule has 0 N–H and O–H groups in total. The largest absolute Gasteiger partial charge is 0.369 e. The van der Waals surface area contributed by atoms with Crippen LogP contribution in [0.1, 0.15) is 38.7 Å². The van der Waals surface area contributed by atoms with Gasteiger partial charge >= 0.3 is 0 Å². The summed E-state index contributed by atoms with van der Waals surface area (Å²) >= 11 is 6.24. The summed E-state index contributed by atoms with van der Waals surface area (Å²) in [6.07, 6.45) is 2.23. The number of nitrogens with zero attached hydrogens (tertiary/aromatic N) is 2. The summed E-state index contributed by atoms with van der Waals surface area (Å²) in [5.74, 6) is 0.460. The van der Waals surface area contributed by atoms with Gasteiger partial charge in [-0.1, -0.05) is 31.5 Å². The van der Waals surface area contributed by atoms with Crippen molar-refractivity contribution in [2.45, 2.75) is 40.0 Å². The summed E-state index contributed by atoms with van der Waals surface area (Å²) in [7, 11) is -3.48. The standard InChI is InChI=1S/C21H29ClN2O3S/c1-15-4-5-17(13-18(15)22)23-8-10-24(11-9-23)28(26,27)14-21-7-6-16(12-19(21)25)20(21,2)3/h4-5,13,16H,6-12,14H2,1-3H3. The van der Waals surface area contributed by atoms with Gasteiger partial charge in [0.25, 0.3) is 0 Å². The molecule has 28 heavy (non-hydrogen) atoms. The Morgan fingerprint density at radius 3 is 2.39 bits per heavy atom. The SMILES string of the molecule is Cc1ccc(N2CCN(S(=O)(=O)CC34CCC(CC3=O)C4(C)C)CC2)cc1Cl. The Morgan fingerprint density at radius 2 is 1.86 bits per heavy atom. The lowest BCUT2D eigenvalue weighted by molar-refractivity contribution is -0.128. The summed E-state index contributed by atoms with van der Waals surface area (Å²) < 4.78 is 28.1. The number of anilines is 1. The van der Waals surface area contributed by atoms with Crippen molar-refractivity contribution in [3.63, 3.8) is 0 Å². The highest BCUT2D eigenvalue weighted by Gasteiger charge is 2.65. The van der Waals surface area contributed by atoms with Crippen molar-refractivity contribution in [3.8, 4) is 0 Å². The molecule has 0 amide bonds. The number of piperazine rings is 1. The van der Waals surface area contributed by atoms with Crippen molar-refractivity contribution in [3.05, 3.63) is 28.8 Å². The number of hydrogen-bond acceptors (Lipinski definition) is 4. The van der Waals surface area contributed by atoms with Crippen molar-refractivity contribution >= 4 is 33.1 Å². The molecule has 1 aromatic rings. The molecule has 0 spiro atoms. The summed E-state index contributed by atoms with van der Waals surface area (Å²) in [5.41, 5.74) is 1.14. The Balaban J connectivity index is 1.47. The Morgan fingerprint density at radius 1 is 1.18 bits per heavy atom. The summed E-state index contributed by atoms with van der Waals surface area (Å²) in [6.45, 7) is 8.30.